The second-order valence-electron chi connectivity index (χ2n) is 10.1. The van der Waals surface area contributed by atoms with Crippen LogP contribution in [0.1, 0.15) is 39.2 Å². The second kappa shape index (κ2) is 11.4. The van der Waals surface area contributed by atoms with E-state index in [2.05, 4.69) is 25.1 Å². The zero-order chi connectivity index (χ0) is 25.7. The molecule has 0 N–H and O–H groups in total. The molecule has 3 aromatic rings. The maximum Gasteiger partial charge on any atom is 0.243 e. The van der Waals surface area contributed by atoms with Crippen LogP contribution in [0.3, 0.4) is 0 Å². The first kappa shape index (κ1) is 26.1. The van der Waals surface area contributed by atoms with E-state index in [4.69, 9.17) is 0 Å². The Morgan fingerprint density at radius 2 is 1.61 bits per heavy atom. The molecule has 0 saturated carbocycles. The van der Waals surface area contributed by atoms with Gasteiger partial charge in [-0.05, 0) is 42.7 Å². The van der Waals surface area contributed by atoms with E-state index in [0.29, 0.717) is 31.1 Å². The normalized spacial score (nSPS) is 15.9. The predicted molar refractivity (Wildman–Crippen MR) is 147 cm³/mol. The van der Waals surface area contributed by atoms with Crippen molar-refractivity contribution < 1.29 is 13.2 Å². The average molecular weight is 505 g/mol. The maximum atomic E-state index is 13.5. The van der Waals surface area contributed by atoms with E-state index >= 15 is 0 Å². The van der Waals surface area contributed by atoms with Crippen molar-refractivity contribution in [2.75, 3.05) is 26.2 Å². The lowest BCUT2D eigenvalue weighted by atomic mass is 9.96. The van der Waals surface area contributed by atoms with Gasteiger partial charge in [-0.15, -0.1) is 0 Å². The minimum Gasteiger partial charge on any atom is -0.338 e. The van der Waals surface area contributed by atoms with Gasteiger partial charge in [-0.2, -0.15) is 4.31 Å². The van der Waals surface area contributed by atoms with Crippen molar-refractivity contribution >= 4 is 32.8 Å². The molecule has 4 rings (SSSR count). The van der Waals surface area contributed by atoms with Crippen LogP contribution < -0.4 is 0 Å². The number of carbonyl (C=O) groups excluding carboxylic acids is 1. The van der Waals surface area contributed by atoms with Crippen molar-refractivity contribution in [3.05, 3.63) is 83.9 Å². The minimum atomic E-state index is -3.58. The lowest BCUT2D eigenvalue weighted by Crippen LogP contribution is -2.44. The molecule has 0 bridgehead atoms. The molecule has 36 heavy (non-hydrogen) atoms. The third kappa shape index (κ3) is 6.05. The molecular weight excluding hydrogens is 468 g/mol. The summed E-state index contributed by atoms with van der Waals surface area (Å²) in [6.45, 7) is 8.11. The lowest BCUT2D eigenvalue weighted by Gasteiger charge is -2.35. The molecule has 190 valence electrons. The standard InChI is InChI=1S/C30H36N2O3S/c1-23(2)30(33)31(21-24(3)20-25-10-5-4-6-11-25)22-26-16-18-32(19-17-26)36(34,35)29-15-9-13-27-12-7-8-14-28(27)29/h4-15,20,23,26H,16-19,21-22H2,1-3H3. The Hall–Kier alpha value is -2.96. The fourth-order valence-corrected chi connectivity index (χ4v) is 6.67. The number of fused-ring (bicyclic) bond motifs is 1. The van der Waals surface area contributed by atoms with Crippen molar-refractivity contribution in [2.24, 2.45) is 11.8 Å². The van der Waals surface area contributed by atoms with Crippen molar-refractivity contribution in [3.8, 4) is 0 Å². The molecule has 0 aromatic heterocycles. The highest BCUT2D eigenvalue weighted by Gasteiger charge is 2.32. The molecule has 1 aliphatic heterocycles. The average Bonchev–Trinajstić information content (AvgIpc) is 2.88. The minimum absolute atomic E-state index is 0.0821. The number of sulfonamides is 1. The van der Waals surface area contributed by atoms with Gasteiger partial charge in [0, 0.05) is 37.5 Å². The van der Waals surface area contributed by atoms with E-state index in [9.17, 15) is 13.2 Å². The summed E-state index contributed by atoms with van der Waals surface area (Å²) in [5.41, 5.74) is 2.25. The molecule has 3 aromatic carbocycles. The van der Waals surface area contributed by atoms with Crippen LogP contribution >= 0.6 is 0 Å². The topological polar surface area (TPSA) is 57.7 Å². The lowest BCUT2D eigenvalue weighted by molar-refractivity contribution is -0.134. The van der Waals surface area contributed by atoms with E-state index in [-0.39, 0.29) is 17.7 Å². The van der Waals surface area contributed by atoms with Gasteiger partial charge in [0.2, 0.25) is 15.9 Å². The van der Waals surface area contributed by atoms with Crippen LogP contribution in [0.2, 0.25) is 0 Å². The molecule has 0 unspecified atom stereocenters. The first-order valence-electron chi connectivity index (χ1n) is 12.7. The Morgan fingerprint density at radius 1 is 0.972 bits per heavy atom. The molecule has 1 fully saturated rings. The Morgan fingerprint density at radius 3 is 2.31 bits per heavy atom. The zero-order valence-electron chi connectivity index (χ0n) is 21.4. The molecule has 1 aliphatic rings. The van der Waals surface area contributed by atoms with Crippen LogP contribution in [0.5, 0.6) is 0 Å². The number of benzene rings is 3. The van der Waals surface area contributed by atoms with Crippen LogP contribution in [0.25, 0.3) is 16.8 Å². The van der Waals surface area contributed by atoms with Gasteiger partial charge in [-0.1, -0.05) is 92.2 Å². The number of hydrogen-bond donors (Lipinski definition) is 0. The quantitative estimate of drug-likeness (QED) is 0.388. The van der Waals surface area contributed by atoms with E-state index in [1.807, 2.05) is 73.3 Å². The zero-order valence-corrected chi connectivity index (χ0v) is 22.2. The third-order valence-corrected chi connectivity index (χ3v) is 8.83. The summed E-state index contributed by atoms with van der Waals surface area (Å²) in [6, 6.07) is 23.2. The summed E-state index contributed by atoms with van der Waals surface area (Å²) >= 11 is 0. The van der Waals surface area contributed by atoms with E-state index in [1.165, 1.54) is 0 Å². The van der Waals surface area contributed by atoms with Gasteiger partial charge in [0.1, 0.15) is 0 Å². The van der Waals surface area contributed by atoms with Gasteiger partial charge in [0.25, 0.3) is 0 Å². The van der Waals surface area contributed by atoms with Crippen LogP contribution in [0.4, 0.5) is 0 Å². The number of rotatable bonds is 8. The van der Waals surface area contributed by atoms with Gasteiger partial charge in [0.15, 0.2) is 0 Å². The highest BCUT2D eigenvalue weighted by atomic mass is 32.2. The molecule has 0 atom stereocenters. The van der Waals surface area contributed by atoms with E-state index in [1.54, 1.807) is 10.4 Å². The maximum absolute atomic E-state index is 13.5. The largest absolute Gasteiger partial charge is 0.338 e. The van der Waals surface area contributed by atoms with E-state index in [0.717, 1.165) is 34.8 Å². The molecule has 0 aliphatic carbocycles. The Labute approximate surface area is 215 Å². The van der Waals surface area contributed by atoms with Gasteiger partial charge in [0.05, 0.1) is 4.90 Å². The summed E-state index contributed by atoms with van der Waals surface area (Å²) in [6.07, 6.45) is 3.61. The Balaban J connectivity index is 1.44. The van der Waals surface area contributed by atoms with Gasteiger partial charge < -0.3 is 4.90 Å². The second-order valence-corrected chi connectivity index (χ2v) is 12.0. The van der Waals surface area contributed by atoms with Crippen molar-refractivity contribution in [3.63, 3.8) is 0 Å². The number of amides is 1. The summed E-state index contributed by atoms with van der Waals surface area (Å²) < 4.78 is 28.6. The number of hydrogen-bond acceptors (Lipinski definition) is 3. The first-order chi connectivity index (χ1) is 17.3. The number of carbonyl (C=O) groups is 1. The summed E-state index contributed by atoms with van der Waals surface area (Å²) in [5.74, 6) is 0.333. The van der Waals surface area contributed by atoms with Crippen LogP contribution in [-0.2, 0) is 14.8 Å². The molecular formula is C30H36N2O3S. The Bertz CT molecular complexity index is 1320. The fraction of sp³-hybridized carbons (Fsp3) is 0.367. The van der Waals surface area contributed by atoms with E-state index < -0.39 is 10.0 Å². The van der Waals surface area contributed by atoms with Crippen LogP contribution in [0, 0.1) is 11.8 Å². The molecule has 1 saturated heterocycles. The smallest absolute Gasteiger partial charge is 0.243 e. The van der Waals surface area contributed by atoms with Crippen molar-refractivity contribution in [1.29, 1.82) is 0 Å². The van der Waals surface area contributed by atoms with Crippen molar-refractivity contribution in [2.45, 2.75) is 38.5 Å². The highest BCUT2D eigenvalue weighted by molar-refractivity contribution is 7.89. The van der Waals surface area contributed by atoms with Crippen LogP contribution in [0.15, 0.2) is 83.3 Å². The summed E-state index contributed by atoms with van der Waals surface area (Å²) in [4.78, 5) is 15.4. The number of piperidine rings is 1. The molecule has 6 heteroatoms. The molecule has 5 nitrogen and oxygen atoms in total. The van der Waals surface area contributed by atoms with Gasteiger partial charge >= 0.3 is 0 Å². The SMILES string of the molecule is CC(=Cc1ccccc1)CN(CC1CCN(S(=O)(=O)c2cccc3ccccc23)CC1)C(=O)C(C)C. The summed E-state index contributed by atoms with van der Waals surface area (Å²) in [5, 5.41) is 1.69. The number of nitrogens with zero attached hydrogens (tertiary/aromatic N) is 2. The monoisotopic (exact) mass is 504 g/mol. The first-order valence-corrected chi connectivity index (χ1v) is 14.2. The van der Waals surface area contributed by atoms with Crippen molar-refractivity contribution in [1.82, 2.24) is 9.21 Å². The van der Waals surface area contributed by atoms with Crippen LogP contribution in [-0.4, -0.2) is 49.7 Å². The molecule has 0 radical (unpaired) electrons. The summed E-state index contributed by atoms with van der Waals surface area (Å²) in [7, 11) is -3.58. The molecule has 1 amide bonds. The fourth-order valence-electron chi connectivity index (χ4n) is 4.98. The highest BCUT2D eigenvalue weighted by Crippen LogP contribution is 2.29. The molecule has 1 heterocycles. The molecule has 0 spiro atoms. The predicted octanol–water partition coefficient (Wildman–Crippen LogP) is 5.83. The third-order valence-electron chi connectivity index (χ3n) is 6.88. The van der Waals surface area contributed by atoms with Gasteiger partial charge in [-0.3, -0.25) is 4.79 Å². The Kier molecular flexibility index (Phi) is 8.27. The van der Waals surface area contributed by atoms with Gasteiger partial charge in [-0.25, -0.2) is 8.42 Å².